The number of hydrogen-bond donors (Lipinski definition) is 2. The van der Waals surface area contributed by atoms with Crippen LogP contribution in [0.15, 0.2) is 93.3 Å². The van der Waals surface area contributed by atoms with Crippen LogP contribution in [0.1, 0.15) is 24.0 Å². The first-order valence-corrected chi connectivity index (χ1v) is 12.5. The van der Waals surface area contributed by atoms with Crippen molar-refractivity contribution in [3.63, 3.8) is 0 Å². The average Bonchev–Trinajstić information content (AvgIpc) is 3.25. The Labute approximate surface area is 208 Å². The van der Waals surface area contributed by atoms with E-state index >= 15 is 0 Å². The van der Waals surface area contributed by atoms with E-state index in [1.807, 2.05) is 42.5 Å². The van der Waals surface area contributed by atoms with E-state index in [-0.39, 0.29) is 22.6 Å². The molecule has 0 amide bonds. The largest absolute Gasteiger partial charge is 0.313 e. The van der Waals surface area contributed by atoms with Gasteiger partial charge in [0.05, 0.1) is 23.0 Å². The summed E-state index contributed by atoms with van der Waals surface area (Å²) in [5.74, 6) is -0.192. The third kappa shape index (κ3) is 5.47. The fraction of sp³-hybridized carbons (Fsp3) is 0.125. The van der Waals surface area contributed by atoms with Gasteiger partial charge in [0.1, 0.15) is 0 Å². The highest BCUT2D eigenvalue weighted by Crippen LogP contribution is 2.30. The summed E-state index contributed by atoms with van der Waals surface area (Å²) in [7, 11) is -4.09. The van der Waals surface area contributed by atoms with Crippen LogP contribution in [-0.2, 0) is 10.0 Å². The lowest BCUT2D eigenvalue weighted by Gasteiger charge is -2.19. The van der Waals surface area contributed by atoms with Crippen molar-refractivity contribution in [1.29, 1.82) is 5.41 Å². The molecule has 1 aliphatic heterocycles. The van der Waals surface area contributed by atoms with Gasteiger partial charge in [-0.05, 0) is 54.4 Å². The van der Waals surface area contributed by atoms with Gasteiger partial charge < -0.3 is 5.32 Å². The molecule has 4 rings (SSSR count). The van der Waals surface area contributed by atoms with Crippen LogP contribution in [0.25, 0.3) is 0 Å². The second kappa shape index (κ2) is 9.97. The number of hydrazone groups is 1. The van der Waals surface area contributed by atoms with Gasteiger partial charge in [0.15, 0.2) is 0 Å². The standard InChI is InChI=1S/C24H21Cl2N5O2S/c1-16(27)28-24(30-34(32,33)21-13-11-20(26)12-14-21)31-15-22(17-5-3-2-4-6-17)23(29-31)18-7-9-19(25)10-8-18/h2-14,22H,15H2,1H3,(H2,27,28,30). The number of amidine groups is 1. The van der Waals surface area contributed by atoms with Gasteiger partial charge in [0, 0.05) is 16.0 Å². The maximum atomic E-state index is 13.0. The van der Waals surface area contributed by atoms with Gasteiger partial charge >= 0.3 is 0 Å². The van der Waals surface area contributed by atoms with Crippen LogP contribution >= 0.6 is 23.2 Å². The number of hydrogen-bond acceptors (Lipinski definition) is 4. The Morgan fingerprint density at radius 3 is 2.18 bits per heavy atom. The number of rotatable bonds is 4. The van der Waals surface area contributed by atoms with Crippen LogP contribution < -0.4 is 5.32 Å². The molecule has 3 aromatic rings. The van der Waals surface area contributed by atoms with Crippen molar-refractivity contribution in [1.82, 2.24) is 10.3 Å². The molecule has 174 valence electrons. The predicted octanol–water partition coefficient (Wildman–Crippen LogP) is 5.13. The van der Waals surface area contributed by atoms with E-state index in [9.17, 15) is 8.42 Å². The lowest BCUT2D eigenvalue weighted by atomic mass is 9.91. The number of halogens is 2. The molecule has 7 nitrogen and oxygen atoms in total. The fourth-order valence-electron chi connectivity index (χ4n) is 3.54. The van der Waals surface area contributed by atoms with Gasteiger partial charge in [-0.1, -0.05) is 65.7 Å². The number of sulfonamides is 1. The van der Waals surface area contributed by atoms with E-state index < -0.39 is 10.0 Å². The highest BCUT2D eigenvalue weighted by Gasteiger charge is 2.32. The molecule has 0 bridgehead atoms. The fourth-order valence-corrected chi connectivity index (χ4v) is 4.74. The van der Waals surface area contributed by atoms with Crippen LogP contribution in [0.2, 0.25) is 10.0 Å². The van der Waals surface area contributed by atoms with E-state index in [1.165, 1.54) is 36.2 Å². The first-order chi connectivity index (χ1) is 16.2. The highest BCUT2D eigenvalue weighted by molar-refractivity contribution is 7.90. The van der Waals surface area contributed by atoms with Crippen LogP contribution in [-0.4, -0.2) is 37.5 Å². The molecule has 0 aromatic heterocycles. The quantitative estimate of drug-likeness (QED) is 0.373. The molecule has 10 heteroatoms. The maximum Gasteiger partial charge on any atom is 0.285 e. The SMILES string of the molecule is CC(=N)N/C(=N\S(=O)(=O)c1ccc(Cl)cc1)N1CC(c2ccccc2)C(c2ccc(Cl)cc2)=N1. The smallest absolute Gasteiger partial charge is 0.285 e. The summed E-state index contributed by atoms with van der Waals surface area (Å²) in [5, 5.41) is 17.8. The summed E-state index contributed by atoms with van der Waals surface area (Å²) in [5.41, 5.74) is 2.61. The number of nitrogens with zero attached hydrogens (tertiary/aromatic N) is 3. The van der Waals surface area contributed by atoms with E-state index in [1.54, 1.807) is 12.1 Å². The van der Waals surface area contributed by atoms with Crippen molar-refractivity contribution in [3.05, 3.63) is 100 Å². The van der Waals surface area contributed by atoms with Crippen LogP contribution in [0.5, 0.6) is 0 Å². The zero-order valence-corrected chi connectivity index (χ0v) is 20.4. The monoisotopic (exact) mass is 513 g/mol. The number of benzene rings is 3. The minimum absolute atomic E-state index is 0.0143. The van der Waals surface area contributed by atoms with Crippen LogP contribution in [0.4, 0.5) is 0 Å². The van der Waals surface area contributed by atoms with Crippen LogP contribution in [0, 0.1) is 5.41 Å². The molecule has 2 N–H and O–H groups in total. The topological polar surface area (TPSA) is 98.0 Å². The minimum atomic E-state index is -4.09. The van der Waals surface area contributed by atoms with Gasteiger partial charge in [-0.15, -0.1) is 4.40 Å². The second-order valence-corrected chi connectivity index (χ2v) is 10.1. The van der Waals surface area contributed by atoms with Gasteiger partial charge in [0.2, 0.25) is 5.96 Å². The molecule has 0 fully saturated rings. The first kappa shape index (κ1) is 23.9. The van der Waals surface area contributed by atoms with Gasteiger partial charge in [-0.25, -0.2) is 5.01 Å². The van der Waals surface area contributed by atoms with Crippen molar-refractivity contribution in [2.75, 3.05) is 6.54 Å². The maximum absolute atomic E-state index is 13.0. The normalized spacial score (nSPS) is 16.3. The first-order valence-electron chi connectivity index (χ1n) is 10.3. The lowest BCUT2D eigenvalue weighted by Crippen LogP contribution is -2.40. The zero-order chi connectivity index (χ0) is 24.3. The Hall–Kier alpha value is -3.20. The summed E-state index contributed by atoms with van der Waals surface area (Å²) >= 11 is 12.0. The lowest BCUT2D eigenvalue weighted by molar-refractivity contribution is 0.464. The molecular weight excluding hydrogens is 493 g/mol. The van der Waals surface area contributed by atoms with Crippen molar-refractivity contribution < 1.29 is 8.42 Å². The molecular formula is C24H21Cl2N5O2S. The molecule has 1 unspecified atom stereocenters. The summed E-state index contributed by atoms with van der Waals surface area (Å²) in [6.07, 6.45) is 0. The molecule has 1 aliphatic rings. The molecule has 0 saturated carbocycles. The average molecular weight is 514 g/mol. The van der Waals surface area contributed by atoms with E-state index in [0.29, 0.717) is 16.6 Å². The summed E-state index contributed by atoms with van der Waals surface area (Å²) in [6, 6.07) is 22.9. The minimum Gasteiger partial charge on any atom is -0.313 e. The molecule has 1 atom stereocenters. The third-order valence-electron chi connectivity index (χ3n) is 5.12. The van der Waals surface area contributed by atoms with Gasteiger partial charge in [-0.2, -0.15) is 13.5 Å². The molecule has 1 heterocycles. The molecule has 0 saturated heterocycles. The molecule has 0 aliphatic carbocycles. The van der Waals surface area contributed by atoms with Crippen molar-refractivity contribution in [3.8, 4) is 0 Å². The molecule has 0 spiro atoms. The van der Waals surface area contributed by atoms with Crippen molar-refractivity contribution in [2.45, 2.75) is 17.7 Å². The molecule has 34 heavy (non-hydrogen) atoms. The summed E-state index contributed by atoms with van der Waals surface area (Å²) in [6.45, 7) is 1.83. The van der Waals surface area contributed by atoms with Gasteiger partial charge in [0.25, 0.3) is 10.0 Å². The molecule has 0 radical (unpaired) electrons. The van der Waals surface area contributed by atoms with Gasteiger partial charge in [-0.3, -0.25) is 5.41 Å². The highest BCUT2D eigenvalue weighted by atomic mass is 35.5. The summed E-state index contributed by atoms with van der Waals surface area (Å²) < 4.78 is 30.0. The van der Waals surface area contributed by atoms with E-state index in [2.05, 4.69) is 9.71 Å². The Morgan fingerprint density at radius 2 is 1.59 bits per heavy atom. The Kier molecular flexibility index (Phi) is 7.02. The van der Waals surface area contributed by atoms with E-state index in [0.717, 1.165) is 16.8 Å². The van der Waals surface area contributed by atoms with E-state index in [4.69, 9.17) is 33.7 Å². The van der Waals surface area contributed by atoms with Crippen molar-refractivity contribution >= 4 is 50.7 Å². The third-order valence-corrected chi connectivity index (χ3v) is 6.90. The number of guanidine groups is 1. The molecule has 3 aromatic carbocycles. The second-order valence-electron chi connectivity index (χ2n) is 7.63. The van der Waals surface area contributed by atoms with Crippen LogP contribution in [0.3, 0.4) is 0 Å². The zero-order valence-electron chi connectivity index (χ0n) is 18.1. The Morgan fingerprint density at radius 1 is 1.00 bits per heavy atom. The summed E-state index contributed by atoms with van der Waals surface area (Å²) in [4.78, 5) is -0.0143. The number of nitrogens with one attached hydrogen (secondary N) is 2. The van der Waals surface area contributed by atoms with Crippen molar-refractivity contribution in [2.24, 2.45) is 9.50 Å². The Balaban J connectivity index is 1.78. The predicted molar refractivity (Wildman–Crippen MR) is 136 cm³/mol. The Bertz CT molecular complexity index is 1360.